The minimum Gasteiger partial charge on any atom is -0.435 e. The third-order valence-corrected chi connectivity index (χ3v) is 4.28. The number of benzene rings is 2. The maximum Gasteiger partial charge on any atom is 0.387 e. The van der Waals surface area contributed by atoms with E-state index in [2.05, 4.69) is 21.3 Å². The highest BCUT2D eigenvalue weighted by Crippen LogP contribution is 2.29. The average Bonchev–Trinajstić information content (AvgIpc) is 2.66. The number of carbonyl (C=O) groups excluding carboxylic acids is 1. The third-order valence-electron chi connectivity index (χ3n) is 4.28. The van der Waals surface area contributed by atoms with Gasteiger partial charge < -0.3 is 14.9 Å². The van der Waals surface area contributed by atoms with Gasteiger partial charge in [0.15, 0.2) is 6.61 Å². The zero-order valence-corrected chi connectivity index (χ0v) is 14.6. The number of fused-ring (bicyclic) bond motifs is 1. The third kappa shape index (κ3) is 5.51. The number of ether oxygens (including phenoxy) is 1. The van der Waals surface area contributed by atoms with Crippen LogP contribution in [0.15, 0.2) is 53.7 Å². The van der Waals surface area contributed by atoms with Crippen LogP contribution in [0, 0.1) is 0 Å². The van der Waals surface area contributed by atoms with Crippen molar-refractivity contribution in [3.05, 3.63) is 65.2 Å². The predicted molar refractivity (Wildman–Crippen MR) is 96.9 cm³/mol. The second kappa shape index (κ2) is 9.12. The molecule has 0 saturated carbocycles. The number of carbonyl (C=O) groups is 1. The minimum absolute atomic E-state index is 0.00240. The highest BCUT2D eigenvalue weighted by molar-refractivity contribution is 5.80. The Morgan fingerprint density at radius 2 is 2.00 bits per heavy atom. The van der Waals surface area contributed by atoms with Crippen molar-refractivity contribution in [2.24, 2.45) is 5.16 Å². The van der Waals surface area contributed by atoms with Crippen LogP contribution < -0.4 is 10.1 Å². The van der Waals surface area contributed by atoms with E-state index in [-0.39, 0.29) is 24.3 Å². The summed E-state index contributed by atoms with van der Waals surface area (Å²) in [7, 11) is 0. The van der Waals surface area contributed by atoms with Crippen LogP contribution in [0.4, 0.5) is 8.78 Å². The Balaban J connectivity index is 1.45. The summed E-state index contributed by atoms with van der Waals surface area (Å²) in [6, 6.07) is 14.0. The molecule has 1 aliphatic rings. The lowest BCUT2D eigenvalue weighted by atomic mass is 9.88. The number of aryl methyl sites for hydroxylation is 1. The summed E-state index contributed by atoms with van der Waals surface area (Å²) >= 11 is 0. The second-order valence-corrected chi connectivity index (χ2v) is 6.17. The second-order valence-electron chi connectivity index (χ2n) is 6.17. The summed E-state index contributed by atoms with van der Waals surface area (Å²) in [6.45, 7) is -3.05. The van der Waals surface area contributed by atoms with Gasteiger partial charge in [-0.25, -0.2) is 0 Å². The van der Waals surface area contributed by atoms with Crippen LogP contribution in [0.1, 0.15) is 35.6 Å². The SMILES string of the molecule is O=C(CO/N=C/c1ccc(OC(F)F)cc1)NC1CCCc2ccccc21. The fourth-order valence-electron chi connectivity index (χ4n) is 3.07. The normalized spacial score (nSPS) is 16.2. The van der Waals surface area contributed by atoms with Crippen molar-refractivity contribution in [1.29, 1.82) is 0 Å². The first-order chi connectivity index (χ1) is 13.1. The topological polar surface area (TPSA) is 59.9 Å². The predicted octanol–water partition coefficient (Wildman–Crippen LogP) is 3.83. The molecule has 0 spiro atoms. The smallest absolute Gasteiger partial charge is 0.387 e. The molecule has 0 aromatic heterocycles. The first-order valence-electron chi connectivity index (χ1n) is 8.69. The molecule has 7 heteroatoms. The van der Waals surface area contributed by atoms with Crippen LogP contribution in [0.25, 0.3) is 0 Å². The molecule has 0 radical (unpaired) electrons. The molecule has 1 N–H and O–H groups in total. The van der Waals surface area contributed by atoms with E-state index < -0.39 is 6.61 Å². The molecule has 27 heavy (non-hydrogen) atoms. The van der Waals surface area contributed by atoms with Gasteiger partial charge in [-0.1, -0.05) is 29.4 Å². The Bertz CT molecular complexity index is 794. The molecule has 0 saturated heterocycles. The van der Waals surface area contributed by atoms with Crippen molar-refractivity contribution in [1.82, 2.24) is 5.32 Å². The van der Waals surface area contributed by atoms with E-state index in [4.69, 9.17) is 4.84 Å². The number of rotatable bonds is 7. The Kier molecular flexibility index (Phi) is 6.35. The molecular weight excluding hydrogens is 354 g/mol. The van der Waals surface area contributed by atoms with Crippen LogP contribution in [-0.2, 0) is 16.1 Å². The lowest BCUT2D eigenvalue weighted by Crippen LogP contribution is -2.33. The maximum atomic E-state index is 12.1. The zero-order chi connectivity index (χ0) is 19.1. The van der Waals surface area contributed by atoms with Crippen molar-refractivity contribution < 1.29 is 23.1 Å². The Morgan fingerprint density at radius 1 is 1.22 bits per heavy atom. The molecule has 0 fully saturated rings. The van der Waals surface area contributed by atoms with Crippen molar-refractivity contribution in [3.63, 3.8) is 0 Å². The minimum atomic E-state index is -2.86. The summed E-state index contributed by atoms with van der Waals surface area (Å²) in [5.74, 6) is -0.176. The van der Waals surface area contributed by atoms with Crippen molar-refractivity contribution >= 4 is 12.1 Å². The summed E-state index contributed by atoms with van der Waals surface area (Å²) in [5.41, 5.74) is 3.07. The van der Waals surface area contributed by atoms with Gasteiger partial charge in [0.1, 0.15) is 5.75 Å². The van der Waals surface area contributed by atoms with Crippen molar-refractivity contribution in [2.45, 2.75) is 31.9 Å². The van der Waals surface area contributed by atoms with Crippen molar-refractivity contribution in [3.8, 4) is 5.75 Å². The monoisotopic (exact) mass is 374 g/mol. The van der Waals surface area contributed by atoms with Crippen LogP contribution in [0.3, 0.4) is 0 Å². The van der Waals surface area contributed by atoms with E-state index in [1.54, 1.807) is 12.1 Å². The van der Waals surface area contributed by atoms with Crippen LogP contribution in [0.5, 0.6) is 5.75 Å². The zero-order valence-electron chi connectivity index (χ0n) is 14.6. The van der Waals surface area contributed by atoms with Gasteiger partial charge in [-0.3, -0.25) is 4.79 Å². The fraction of sp³-hybridized carbons (Fsp3) is 0.300. The first-order valence-corrected chi connectivity index (χ1v) is 8.69. The van der Waals surface area contributed by atoms with E-state index in [9.17, 15) is 13.6 Å². The molecule has 1 aliphatic carbocycles. The largest absolute Gasteiger partial charge is 0.435 e. The van der Waals surface area contributed by atoms with Crippen LogP contribution in [-0.4, -0.2) is 25.3 Å². The molecule has 0 aliphatic heterocycles. The molecule has 1 atom stereocenters. The Hall–Kier alpha value is -2.96. The summed E-state index contributed by atoms with van der Waals surface area (Å²) < 4.78 is 28.4. The number of nitrogens with one attached hydrogen (secondary N) is 1. The number of alkyl halides is 2. The number of halogens is 2. The Morgan fingerprint density at radius 3 is 2.78 bits per heavy atom. The lowest BCUT2D eigenvalue weighted by molar-refractivity contribution is -0.126. The van der Waals surface area contributed by atoms with E-state index in [1.807, 2.05) is 18.2 Å². The standard InChI is InChI=1S/C20H20F2N2O3/c21-20(22)27-16-10-8-14(9-11-16)12-23-26-13-19(25)24-18-7-3-5-15-4-1-2-6-17(15)18/h1-2,4,6,8-12,18,20H,3,5,7,13H2,(H,24,25)/b23-12+. The van der Waals surface area contributed by atoms with E-state index in [0.717, 1.165) is 24.8 Å². The molecule has 142 valence electrons. The van der Waals surface area contributed by atoms with Gasteiger partial charge >= 0.3 is 6.61 Å². The number of oxime groups is 1. The quantitative estimate of drug-likeness (QED) is 0.592. The molecular formula is C20H20F2N2O3. The van der Waals surface area contributed by atoms with Gasteiger partial charge in [0, 0.05) is 0 Å². The van der Waals surface area contributed by atoms with Gasteiger partial charge in [0.2, 0.25) is 0 Å². The highest BCUT2D eigenvalue weighted by Gasteiger charge is 2.21. The molecule has 0 heterocycles. The molecule has 5 nitrogen and oxygen atoms in total. The van der Waals surface area contributed by atoms with Gasteiger partial charge in [0.25, 0.3) is 5.91 Å². The number of hydrogen-bond donors (Lipinski definition) is 1. The number of amides is 1. The van der Waals surface area contributed by atoms with Crippen molar-refractivity contribution in [2.75, 3.05) is 6.61 Å². The van der Waals surface area contributed by atoms with Gasteiger partial charge in [-0.15, -0.1) is 0 Å². The molecule has 2 aromatic rings. The number of nitrogens with zero attached hydrogens (tertiary/aromatic N) is 1. The van der Waals surface area contributed by atoms with Gasteiger partial charge in [-0.2, -0.15) is 8.78 Å². The summed E-state index contributed by atoms with van der Waals surface area (Å²) in [6.07, 6.45) is 4.37. The Labute approximate surface area is 156 Å². The van der Waals surface area contributed by atoms with E-state index in [0.29, 0.717) is 5.56 Å². The average molecular weight is 374 g/mol. The van der Waals surface area contributed by atoms with E-state index in [1.165, 1.54) is 23.9 Å². The summed E-state index contributed by atoms with van der Waals surface area (Å²) in [4.78, 5) is 17.1. The number of hydrogen-bond acceptors (Lipinski definition) is 4. The molecule has 2 aromatic carbocycles. The molecule has 1 unspecified atom stereocenters. The maximum absolute atomic E-state index is 12.1. The van der Waals surface area contributed by atoms with Gasteiger partial charge in [-0.05, 0) is 60.2 Å². The van der Waals surface area contributed by atoms with Gasteiger partial charge in [0.05, 0.1) is 12.3 Å². The summed E-state index contributed by atoms with van der Waals surface area (Å²) in [5, 5.41) is 6.71. The molecule has 3 rings (SSSR count). The lowest BCUT2D eigenvalue weighted by Gasteiger charge is -2.26. The van der Waals surface area contributed by atoms with Crippen LogP contribution >= 0.6 is 0 Å². The highest BCUT2D eigenvalue weighted by atomic mass is 19.3. The van der Waals surface area contributed by atoms with E-state index >= 15 is 0 Å². The molecule has 0 bridgehead atoms. The molecule has 1 amide bonds. The first kappa shape index (κ1) is 18.8. The fourth-order valence-corrected chi connectivity index (χ4v) is 3.07. The van der Waals surface area contributed by atoms with Crippen LogP contribution in [0.2, 0.25) is 0 Å².